The van der Waals surface area contributed by atoms with E-state index < -0.39 is 47.7 Å². The summed E-state index contributed by atoms with van der Waals surface area (Å²) >= 11 is 3.72. The number of benzene rings is 1. The van der Waals surface area contributed by atoms with Crippen molar-refractivity contribution < 1.29 is 38.5 Å². The molecule has 49 heavy (non-hydrogen) atoms. The van der Waals surface area contributed by atoms with Crippen LogP contribution in [-0.2, 0) is 33.4 Å². The number of nitrogens with one attached hydrogen (secondary N) is 1. The van der Waals surface area contributed by atoms with Crippen molar-refractivity contribution in [2.45, 2.75) is 67.3 Å². The Kier molecular flexibility index (Phi) is 12.7. The molecule has 4 aliphatic rings. The zero-order chi connectivity index (χ0) is 35.1. The van der Waals surface area contributed by atoms with Gasteiger partial charge in [-0.25, -0.2) is 0 Å². The second kappa shape index (κ2) is 16.7. The number of carbonyl (C=O) groups excluding carboxylic acids is 4. The largest absolute Gasteiger partial charge is 0.455 e. The van der Waals surface area contributed by atoms with Crippen molar-refractivity contribution in [1.29, 1.82) is 0 Å². The van der Waals surface area contributed by atoms with Crippen LogP contribution in [0.25, 0.3) is 0 Å². The molecule has 0 radical (unpaired) electrons. The molecule has 0 saturated carbocycles. The zero-order valence-electron chi connectivity index (χ0n) is 28.2. The van der Waals surface area contributed by atoms with Crippen molar-refractivity contribution >= 4 is 39.6 Å². The van der Waals surface area contributed by atoms with Crippen LogP contribution in [0, 0.1) is 11.8 Å². The summed E-state index contributed by atoms with van der Waals surface area (Å²) in [7, 11) is 0. The predicted octanol–water partition coefficient (Wildman–Crippen LogP) is 2.22. The lowest BCUT2D eigenvalue weighted by atomic mass is 9.70. The Morgan fingerprint density at radius 1 is 1.18 bits per heavy atom. The summed E-state index contributed by atoms with van der Waals surface area (Å²) in [4.78, 5) is 61.1. The Morgan fingerprint density at radius 2 is 1.92 bits per heavy atom. The number of hydrogen-bond donors (Lipinski definition) is 2. The number of hydrogen-bond acceptors (Lipinski definition) is 9. The number of aliphatic hydroxyl groups excluding tert-OH is 1. The van der Waals surface area contributed by atoms with E-state index in [1.807, 2.05) is 30.3 Å². The second-order valence-electron chi connectivity index (χ2n) is 13.3. The predicted molar refractivity (Wildman–Crippen MR) is 185 cm³/mol. The number of ether oxygens (including phenoxy) is 3. The van der Waals surface area contributed by atoms with Crippen molar-refractivity contribution in [1.82, 2.24) is 20.0 Å². The molecule has 8 atom stereocenters. The molecule has 5 rings (SSSR count). The Labute approximate surface area is 296 Å². The van der Waals surface area contributed by atoms with Gasteiger partial charge in [0, 0.05) is 57.1 Å². The van der Waals surface area contributed by atoms with E-state index in [1.165, 1.54) is 4.90 Å². The van der Waals surface area contributed by atoms with Gasteiger partial charge in [-0.1, -0.05) is 58.4 Å². The molecule has 4 fully saturated rings. The minimum absolute atomic E-state index is 0.137. The summed E-state index contributed by atoms with van der Waals surface area (Å²) in [6, 6.07) is 7.60. The van der Waals surface area contributed by atoms with E-state index >= 15 is 0 Å². The van der Waals surface area contributed by atoms with E-state index in [-0.39, 0.29) is 55.1 Å². The average molecular weight is 746 g/mol. The Bertz CT molecular complexity index is 1360. The molecule has 1 aromatic rings. The van der Waals surface area contributed by atoms with Crippen LogP contribution < -0.4 is 5.32 Å². The number of likely N-dealkylation sites (tertiary alicyclic amines) is 1. The van der Waals surface area contributed by atoms with Crippen molar-refractivity contribution in [2.75, 3.05) is 59.1 Å². The fourth-order valence-corrected chi connectivity index (χ4v) is 8.75. The SMILES string of the molecule is C=CCCC(=O)N[C@H](C)[C@@H](OC(=O)[C@@H]1[C@H]2O[C@@]3(CC2Br)[C@H](C(=O)N(CC=C)CCN2CCOCC2)N(CCCO)C(=O)[C@@H]13)c1ccccc1. The fourth-order valence-electron chi connectivity index (χ4n) is 7.81. The summed E-state index contributed by atoms with van der Waals surface area (Å²) in [6.45, 7) is 13.5. The van der Waals surface area contributed by atoms with Crippen LogP contribution in [-0.4, -0.2) is 131 Å². The maximum atomic E-state index is 14.6. The molecule has 1 aromatic carbocycles. The Morgan fingerprint density at radius 3 is 2.59 bits per heavy atom. The third-order valence-electron chi connectivity index (χ3n) is 10.1. The van der Waals surface area contributed by atoms with E-state index in [2.05, 4.69) is 39.3 Å². The fraction of sp³-hybridized carbons (Fsp3) is 0.611. The van der Waals surface area contributed by atoms with Gasteiger partial charge in [-0.05, 0) is 31.7 Å². The number of nitrogens with zero attached hydrogens (tertiary/aromatic N) is 3. The number of aliphatic hydroxyl groups is 1. The van der Waals surface area contributed by atoms with Crippen molar-refractivity contribution in [2.24, 2.45) is 11.8 Å². The number of fused-ring (bicyclic) bond motifs is 1. The van der Waals surface area contributed by atoms with Crippen LogP contribution in [0.1, 0.15) is 44.3 Å². The highest BCUT2D eigenvalue weighted by Gasteiger charge is 2.77. The van der Waals surface area contributed by atoms with Crippen LogP contribution >= 0.6 is 15.9 Å². The van der Waals surface area contributed by atoms with E-state index in [0.29, 0.717) is 44.7 Å². The van der Waals surface area contributed by atoms with Gasteiger partial charge in [0.25, 0.3) is 0 Å². The number of esters is 1. The number of morpholine rings is 1. The molecule has 0 aliphatic carbocycles. The maximum Gasteiger partial charge on any atom is 0.313 e. The quantitative estimate of drug-likeness (QED) is 0.140. The first kappa shape index (κ1) is 37.2. The van der Waals surface area contributed by atoms with Crippen molar-refractivity contribution in [3.05, 3.63) is 61.2 Å². The van der Waals surface area contributed by atoms with Crippen LogP contribution in [0.15, 0.2) is 55.6 Å². The summed E-state index contributed by atoms with van der Waals surface area (Å²) in [6.07, 6.45) is 3.18. The van der Waals surface area contributed by atoms with Gasteiger partial charge in [-0.3, -0.25) is 24.1 Å². The summed E-state index contributed by atoms with van der Waals surface area (Å²) < 4.78 is 18.4. The van der Waals surface area contributed by atoms with Gasteiger partial charge >= 0.3 is 5.97 Å². The highest BCUT2D eigenvalue weighted by Crippen LogP contribution is 2.60. The standard InChI is InChI=1S/C36H49BrN4O8/c1-4-6-13-27(43)38-24(3)30(25-11-8-7-9-12-25)48-35(46)28-29-33(44)41(15-10-20-42)32(36(29)23-26(37)31(28)49-36)34(45)40(14-5-2)17-16-39-18-21-47-22-19-39/h4-5,7-9,11-12,24,26,28-32,42H,1-2,6,10,13-23H2,3H3,(H,38,43)/t24-,26?,28+,29-,30-,31+,32+,36-/m1/s1. The van der Waals surface area contributed by atoms with E-state index in [1.54, 1.807) is 24.0 Å². The van der Waals surface area contributed by atoms with Crippen LogP contribution in [0.3, 0.4) is 0 Å². The Balaban J connectivity index is 1.43. The zero-order valence-corrected chi connectivity index (χ0v) is 29.8. The van der Waals surface area contributed by atoms with Gasteiger partial charge < -0.3 is 34.4 Å². The van der Waals surface area contributed by atoms with Gasteiger partial charge in [0.1, 0.15) is 17.7 Å². The molecule has 4 heterocycles. The van der Waals surface area contributed by atoms with Crippen LogP contribution in [0.2, 0.25) is 0 Å². The smallest absolute Gasteiger partial charge is 0.313 e. The van der Waals surface area contributed by atoms with E-state index in [4.69, 9.17) is 14.2 Å². The molecule has 4 aliphatic heterocycles. The van der Waals surface area contributed by atoms with Gasteiger partial charge in [0.2, 0.25) is 17.7 Å². The molecule has 3 amide bonds. The highest BCUT2D eigenvalue weighted by molar-refractivity contribution is 9.09. The number of rotatable bonds is 17. The number of amides is 3. The lowest BCUT2D eigenvalue weighted by Crippen LogP contribution is -2.57. The Hall–Kier alpha value is -3.10. The highest BCUT2D eigenvalue weighted by atomic mass is 79.9. The average Bonchev–Trinajstić information content (AvgIpc) is 3.70. The number of allylic oxidation sites excluding steroid dienone is 1. The molecule has 2 N–H and O–H groups in total. The van der Waals surface area contributed by atoms with Crippen molar-refractivity contribution in [3.63, 3.8) is 0 Å². The first-order valence-electron chi connectivity index (χ1n) is 17.3. The molecule has 1 spiro atoms. The van der Waals surface area contributed by atoms with Crippen LogP contribution in [0.5, 0.6) is 0 Å². The number of halogens is 1. The molecule has 268 valence electrons. The third-order valence-corrected chi connectivity index (χ3v) is 10.9. The number of carbonyl (C=O) groups is 4. The molecular weight excluding hydrogens is 696 g/mol. The molecular formula is C36H49BrN4O8. The molecule has 0 aromatic heterocycles. The maximum absolute atomic E-state index is 14.6. The third kappa shape index (κ3) is 7.80. The normalized spacial score (nSPS) is 28.8. The topological polar surface area (TPSA) is 138 Å². The first-order valence-corrected chi connectivity index (χ1v) is 18.2. The van der Waals surface area contributed by atoms with Crippen LogP contribution in [0.4, 0.5) is 0 Å². The minimum Gasteiger partial charge on any atom is -0.455 e. The van der Waals surface area contributed by atoms with E-state index in [9.17, 15) is 24.3 Å². The molecule has 12 nitrogen and oxygen atoms in total. The molecule has 1 unspecified atom stereocenters. The second-order valence-corrected chi connectivity index (χ2v) is 14.4. The summed E-state index contributed by atoms with van der Waals surface area (Å²) in [5, 5.41) is 12.7. The van der Waals surface area contributed by atoms with E-state index in [0.717, 1.165) is 13.1 Å². The summed E-state index contributed by atoms with van der Waals surface area (Å²) in [5.41, 5.74) is -0.575. The monoisotopic (exact) mass is 744 g/mol. The lowest BCUT2D eigenvalue weighted by Gasteiger charge is -2.38. The van der Waals surface area contributed by atoms with Gasteiger partial charge in [-0.2, -0.15) is 0 Å². The first-order chi connectivity index (χ1) is 23.7. The van der Waals surface area contributed by atoms with Gasteiger partial charge in [-0.15, -0.1) is 13.2 Å². The molecule has 13 heteroatoms. The minimum atomic E-state index is -1.27. The molecule has 4 saturated heterocycles. The van der Waals surface area contributed by atoms with Crippen molar-refractivity contribution in [3.8, 4) is 0 Å². The summed E-state index contributed by atoms with van der Waals surface area (Å²) in [5.74, 6) is -3.39. The van der Waals surface area contributed by atoms with Gasteiger partial charge in [0.15, 0.2) is 0 Å². The lowest BCUT2D eigenvalue weighted by molar-refractivity contribution is -0.162. The molecule has 2 bridgehead atoms. The number of alkyl halides is 1. The van der Waals surface area contributed by atoms with Gasteiger partial charge in [0.05, 0.1) is 37.2 Å².